The van der Waals surface area contributed by atoms with Gasteiger partial charge in [-0.3, -0.25) is 0 Å². The van der Waals surface area contributed by atoms with Gasteiger partial charge in [0, 0.05) is 11.3 Å². The number of benzene rings is 2. The minimum Gasteiger partial charge on any atom is -0.392 e. The lowest BCUT2D eigenvalue weighted by atomic mass is 9.69. The molecule has 0 amide bonds. The molecule has 3 atom stereocenters. The number of aliphatic hydroxyl groups excluding tert-OH is 2. The van der Waals surface area contributed by atoms with Crippen LogP contribution in [-0.4, -0.2) is 30.5 Å². The fourth-order valence-electron chi connectivity index (χ4n) is 4.53. The van der Waals surface area contributed by atoms with Crippen LogP contribution in [0.3, 0.4) is 0 Å². The zero-order valence-electron chi connectivity index (χ0n) is 16.6. The topological polar surface area (TPSA) is 74.6 Å². The van der Waals surface area contributed by atoms with Crippen molar-refractivity contribution in [1.29, 1.82) is 0 Å². The Morgan fingerprint density at radius 2 is 1.82 bits per heavy atom. The van der Waals surface area contributed by atoms with E-state index < -0.39 is 27.3 Å². The quantitative estimate of drug-likeness (QED) is 0.765. The Kier molecular flexibility index (Phi) is 6.28. The zero-order valence-corrected chi connectivity index (χ0v) is 17.5. The maximum absolute atomic E-state index is 13.4. The highest BCUT2D eigenvalue weighted by Gasteiger charge is 2.48. The second-order valence-electron chi connectivity index (χ2n) is 7.94. The lowest BCUT2D eigenvalue weighted by Gasteiger charge is -2.39. The average Bonchev–Trinajstić information content (AvgIpc) is 2.78. The Morgan fingerprint density at radius 1 is 1.11 bits per heavy atom. The van der Waals surface area contributed by atoms with Crippen LogP contribution < -0.4 is 0 Å². The molecule has 0 aliphatic carbocycles. The first kappa shape index (κ1) is 21.0. The fraction of sp³-hybridized carbons (Fsp3) is 0.478. The Labute approximate surface area is 168 Å². The van der Waals surface area contributed by atoms with E-state index in [0.29, 0.717) is 24.0 Å². The molecule has 1 aliphatic heterocycles. The molecule has 0 saturated carbocycles. The summed E-state index contributed by atoms with van der Waals surface area (Å²) in [6.07, 6.45) is 2.29. The van der Waals surface area contributed by atoms with Crippen LogP contribution in [0.5, 0.6) is 0 Å². The molecule has 1 heterocycles. The van der Waals surface area contributed by atoms with E-state index in [-0.39, 0.29) is 17.3 Å². The summed E-state index contributed by atoms with van der Waals surface area (Å²) in [6.45, 7) is 3.85. The van der Waals surface area contributed by atoms with Crippen molar-refractivity contribution in [3.63, 3.8) is 0 Å². The molecule has 5 heteroatoms. The molecule has 0 spiro atoms. The molecule has 0 aromatic heterocycles. The lowest BCUT2D eigenvalue weighted by Crippen LogP contribution is -2.42. The van der Waals surface area contributed by atoms with Gasteiger partial charge in [0.05, 0.1) is 23.4 Å². The van der Waals surface area contributed by atoms with Gasteiger partial charge in [-0.05, 0) is 35.6 Å². The molecular formula is C23H30O4S. The molecule has 3 rings (SSSR count). The number of hydrogen-bond acceptors (Lipinski definition) is 4. The van der Waals surface area contributed by atoms with Crippen LogP contribution in [0.15, 0.2) is 53.4 Å². The Balaban J connectivity index is 2.28. The van der Waals surface area contributed by atoms with E-state index >= 15 is 0 Å². The Hall–Kier alpha value is -1.69. The molecule has 0 bridgehead atoms. The number of hydrogen-bond donors (Lipinski definition) is 2. The number of sulfone groups is 1. The summed E-state index contributed by atoms with van der Waals surface area (Å²) in [4.78, 5) is 0.249. The van der Waals surface area contributed by atoms with E-state index in [1.165, 1.54) is 0 Å². The minimum atomic E-state index is -3.61. The Bertz CT molecular complexity index is 907. The number of aliphatic hydroxyl groups is 2. The van der Waals surface area contributed by atoms with Crippen LogP contribution in [0.2, 0.25) is 0 Å². The van der Waals surface area contributed by atoms with Crippen molar-refractivity contribution < 1.29 is 18.6 Å². The van der Waals surface area contributed by atoms with Crippen molar-refractivity contribution in [1.82, 2.24) is 0 Å². The summed E-state index contributed by atoms with van der Waals surface area (Å²) in [5.41, 5.74) is 1.41. The maximum atomic E-state index is 13.4. The summed E-state index contributed by atoms with van der Waals surface area (Å²) < 4.78 is 26.9. The first-order chi connectivity index (χ1) is 13.4. The van der Waals surface area contributed by atoms with E-state index in [0.717, 1.165) is 18.4 Å². The molecule has 4 nitrogen and oxygen atoms in total. The van der Waals surface area contributed by atoms with E-state index in [4.69, 9.17) is 0 Å². The second-order valence-corrected chi connectivity index (χ2v) is 9.90. The molecule has 0 saturated heterocycles. The highest BCUT2D eigenvalue weighted by Crippen LogP contribution is 2.48. The minimum absolute atomic E-state index is 0.0666. The van der Waals surface area contributed by atoms with E-state index in [1.807, 2.05) is 37.3 Å². The molecule has 2 aromatic carbocycles. The number of fused-ring (bicyclic) bond motifs is 1. The van der Waals surface area contributed by atoms with Crippen LogP contribution in [0, 0.1) is 5.41 Å². The van der Waals surface area contributed by atoms with Gasteiger partial charge in [0.25, 0.3) is 0 Å². The average molecular weight is 403 g/mol. The predicted molar refractivity (Wildman–Crippen MR) is 111 cm³/mol. The molecule has 0 fully saturated rings. The van der Waals surface area contributed by atoms with E-state index in [9.17, 15) is 18.6 Å². The predicted octanol–water partition coefficient (Wildman–Crippen LogP) is 4.05. The molecule has 2 aromatic rings. The van der Waals surface area contributed by atoms with Crippen LogP contribution in [0.1, 0.15) is 62.1 Å². The van der Waals surface area contributed by atoms with Gasteiger partial charge in [-0.1, -0.05) is 69.2 Å². The largest absolute Gasteiger partial charge is 0.392 e. The van der Waals surface area contributed by atoms with Crippen molar-refractivity contribution in [2.45, 2.75) is 63.1 Å². The third kappa shape index (κ3) is 3.76. The van der Waals surface area contributed by atoms with Gasteiger partial charge in [0.15, 0.2) is 9.84 Å². The standard InChI is InChI=1S/C23H30O4S/c1-3-5-13-23(4-2)16-28(26,27)20-14-17(15-24)11-12-19(20)21(22(23)25)18-9-7-6-8-10-18/h6-12,14,21-22,24-25H,3-5,13,15-16H2,1-2H3/t21-,22-,23+/m0/s1. The SMILES string of the molecule is CCCC[C@]1(CC)CS(=O)(=O)c2cc(CO)ccc2[C@H](c2ccccc2)[C@@H]1O. The first-order valence-corrected chi connectivity index (χ1v) is 11.7. The van der Waals surface area contributed by atoms with Gasteiger partial charge in [-0.25, -0.2) is 8.42 Å². The maximum Gasteiger partial charge on any atom is 0.179 e. The normalized spacial score (nSPS) is 26.4. The molecular weight excluding hydrogens is 372 g/mol. The van der Waals surface area contributed by atoms with E-state index in [2.05, 4.69) is 6.92 Å². The number of unbranched alkanes of at least 4 members (excludes halogenated alkanes) is 1. The van der Waals surface area contributed by atoms with Gasteiger partial charge in [-0.2, -0.15) is 0 Å². The van der Waals surface area contributed by atoms with Gasteiger partial charge in [-0.15, -0.1) is 0 Å². The van der Waals surface area contributed by atoms with Crippen molar-refractivity contribution in [2.75, 3.05) is 5.75 Å². The van der Waals surface area contributed by atoms with Gasteiger partial charge >= 0.3 is 0 Å². The molecule has 0 unspecified atom stereocenters. The first-order valence-electron chi connectivity index (χ1n) is 10.1. The van der Waals surface area contributed by atoms with Gasteiger partial charge in [0.2, 0.25) is 0 Å². The second kappa shape index (κ2) is 8.36. The zero-order chi connectivity index (χ0) is 20.4. The van der Waals surface area contributed by atoms with Crippen molar-refractivity contribution in [2.24, 2.45) is 5.41 Å². The summed E-state index contributed by atoms with van der Waals surface area (Å²) in [6, 6.07) is 14.8. The summed E-state index contributed by atoms with van der Waals surface area (Å²) in [7, 11) is -3.61. The number of rotatable bonds is 6. The smallest absolute Gasteiger partial charge is 0.179 e. The third-order valence-electron chi connectivity index (χ3n) is 6.24. The molecule has 1 aliphatic rings. The lowest BCUT2D eigenvalue weighted by molar-refractivity contribution is 0.0174. The molecule has 0 radical (unpaired) electrons. The molecule has 28 heavy (non-hydrogen) atoms. The fourth-order valence-corrected chi connectivity index (χ4v) is 6.84. The summed E-state index contributed by atoms with van der Waals surface area (Å²) in [5, 5.41) is 21.2. The van der Waals surface area contributed by atoms with Crippen LogP contribution in [0.4, 0.5) is 0 Å². The summed E-state index contributed by atoms with van der Waals surface area (Å²) in [5.74, 6) is -0.485. The summed E-state index contributed by atoms with van der Waals surface area (Å²) >= 11 is 0. The van der Waals surface area contributed by atoms with Crippen LogP contribution >= 0.6 is 0 Å². The highest BCUT2D eigenvalue weighted by molar-refractivity contribution is 7.91. The van der Waals surface area contributed by atoms with Gasteiger partial charge < -0.3 is 10.2 Å². The van der Waals surface area contributed by atoms with Crippen LogP contribution in [0.25, 0.3) is 0 Å². The van der Waals surface area contributed by atoms with Crippen molar-refractivity contribution >= 4 is 9.84 Å². The highest BCUT2D eigenvalue weighted by atomic mass is 32.2. The molecule has 2 N–H and O–H groups in total. The third-order valence-corrected chi connectivity index (χ3v) is 8.22. The Morgan fingerprint density at radius 3 is 2.43 bits per heavy atom. The van der Waals surface area contributed by atoms with Crippen molar-refractivity contribution in [3.8, 4) is 0 Å². The monoisotopic (exact) mass is 402 g/mol. The van der Waals surface area contributed by atoms with Gasteiger partial charge in [0.1, 0.15) is 0 Å². The van der Waals surface area contributed by atoms with E-state index in [1.54, 1.807) is 18.2 Å². The van der Waals surface area contributed by atoms with Crippen molar-refractivity contribution in [3.05, 3.63) is 65.2 Å². The van der Waals surface area contributed by atoms with Crippen LogP contribution in [-0.2, 0) is 16.4 Å². The molecule has 152 valence electrons.